The predicted octanol–water partition coefficient (Wildman–Crippen LogP) is 0.688. The van der Waals surface area contributed by atoms with Gasteiger partial charge in [-0.05, 0) is 30.7 Å². The Hall–Kier alpha value is -1.89. The van der Waals surface area contributed by atoms with Crippen LogP contribution in [-0.4, -0.2) is 36.0 Å². The standard InChI is InChI=1S/C12H13BrN2O4/c1-7-4-8(13)2-3-9(7)12(19)15-5-10(16)14-6-11(17)18/h2-4H,5-6H2,1H3,(H,14,16)(H,15,19)(H,17,18). The molecule has 0 radical (unpaired) electrons. The molecule has 19 heavy (non-hydrogen) atoms. The number of aryl methyl sites for hydroxylation is 1. The number of nitrogens with one attached hydrogen (secondary N) is 2. The summed E-state index contributed by atoms with van der Waals surface area (Å²) in [6.07, 6.45) is 0. The lowest BCUT2D eigenvalue weighted by atomic mass is 10.1. The number of carboxylic acids is 1. The van der Waals surface area contributed by atoms with Crippen molar-refractivity contribution in [2.24, 2.45) is 0 Å². The van der Waals surface area contributed by atoms with Gasteiger partial charge in [-0.3, -0.25) is 14.4 Å². The highest BCUT2D eigenvalue weighted by Gasteiger charge is 2.11. The molecule has 0 fully saturated rings. The first-order valence-corrected chi connectivity index (χ1v) is 6.22. The molecule has 0 spiro atoms. The number of carbonyl (C=O) groups is 3. The molecule has 0 heterocycles. The van der Waals surface area contributed by atoms with Crippen LogP contribution in [0.1, 0.15) is 15.9 Å². The van der Waals surface area contributed by atoms with E-state index in [9.17, 15) is 14.4 Å². The first kappa shape index (κ1) is 15.2. The van der Waals surface area contributed by atoms with Crippen LogP contribution in [0.3, 0.4) is 0 Å². The number of amides is 2. The molecule has 0 aliphatic rings. The number of hydrogen-bond donors (Lipinski definition) is 3. The van der Waals surface area contributed by atoms with E-state index in [4.69, 9.17) is 5.11 Å². The van der Waals surface area contributed by atoms with Gasteiger partial charge in [-0.2, -0.15) is 0 Å². The number of hydrogen-bond acceptors (Lipinski definition) is 3. The molecule has 0 atom stereocenters. The van der Waals surface area contributed by atoms with E-state index >= 15 is 0 Å². The Balaban J connectivity index is 2.51. The Morgan fingerprint density at radius 1 is 1.21 bits per heavy atom. The molecule has 3 N–H and O–H groups in total. The Labute approximate surface area is 118 Å². The van der Waals surface area contributed by atoms with Gasteiger partial charge < -0.3 is 15.7 Å². The zero-order valence-electron chi connectivity index (χ0n) is 10.2. The van der Waals surface area contributed by atoms with Gasteiger partial charge in [-0.1, -0.05) is 15.9 Å². The third-order valence-electron chi connectivity index (χ3n) is 2.28. The van der Waals surface area contributed by atoms with Crippen LogP contribution in [-0.2, 0) is 9.59 Å². The maximum Gasteiger partial charge on any atom is 0.322 e. The first-order chi connectivity index (χ1) is 8.90. The van der Waals surface area contributed by atoms with Gasteiger partial charge in [-0.15, -0.1) is 0 Å². The molecule has 0 bridgehead atoms. The van der Waals surface area contributed by atoms with E-state index in [0.717, 1.165) is 10.0 Å². The van der Waals surface area contributed by atoms with Gasteiger partial charge in [0.1, 0.15) is 6.54 Å². The van der Waals surface area contributed by atoms with E-state index < -0.39 is 18.4 Å². The van der Waals surface area contributed by atoms with E-state index in [1.54, 1.807) is 25.1 Å². The minimum absolute atomic E-state index is 0.262. The smallest absolute Gasteiger partial charge is 0.322 e. The molecule has 0 aliphatic carbocycles. The summed E-state index contributed by atoms with van der Waals surface area (Å²) >= 11 is 3.29. The summed E-state index contributed by atoms with van der Waals surface area (Å²) in [4.78, 5) is 33.3. The summed E-state index contributed by atoms with van der Waals surface area (Å²) in [6, 6.07) is 5.16. The molecular weight excluding hydrogens is 316 g/mol. The molecule has 2 amide bonds. The molecule has 6 nitrogen and oxygen atoms in total. The first-order valence-electron chi connectivity index (χ1n) is 5.43. The third kappa shape index (κ3) is 5.09. The van der Waals surface area contributed by atoms with Crippen LogP contribution in [0.5, 0.6) is 0 Å². The molecule has 1 aromatic carbocycles. The highest BCUT2D eigenvalue weighted by molar-refractivity contribution is 9.10. The quantitative estimate of drug-likeness (QED) is 0.741. The van der Waals surface area contributed by atoms with Crippen molar-refractivity contribution in [3.63, 3.8) is 0 Å². The number of carboxylic acid groups (broad SMARTS) is 1. The maximum absolute atomic E-state index is 11.8. The molecular formula is C12H13BrN2O4. The van der Waals surface area contributed by atoms with Crippen molar-refractivity contribution in [3.05, 3.63) is 33.8 Å². The molecule has 0 aliphatic heterocycles. The average Bonchev–Trinajstić information content (AvgIpc) is 2.33. The predicted molar refractivity (Wildman–Crippen MR) is 71.9 cm³/mol. The van der Waals surface area contributed by atoms with Crippen molar-refractivity contribution >= 4 is 33.7 Å². The van der Waals surface area contributed by atoms with Gasteiger partial charge in [-0.25, -0.2) is 0 Å². The average molecular weight is 329 g/mol. The van der Waals surface area contributed by atoms with Crippen LogP contribution in [0.4, 0.5) is 0 Å². The summed E-state index contributed by atoms with van der Waals surface area (Å²) in [5.74, 6) is -2.07. The van der Waals surface area contributed by atoms with Crippen molar-refractivity contribution in [3.8, 4) is 0 Å². The number of carbonyl (C=O) groups excluding carboxylic acids is 2. The van der Waals surface area contributed by atoms with Crippen LogP contribution >= 0.6 is 15.9 Å². The van der Waals surface area contributed by atoms with Crippen molar-refractivity contribution in [2.75, 3.05) is 13.1 Å². The van der Waals surface area contributed by atoms with Crippen molar-refractivity contribution in [2.45, 2.75) is 6.92 Å². The summed E-state index contributed by atoms with van der Waals surface area (Å²) in [7, 11) is 0. The van der Waals surface area contributed by atoms with Gasteiger partial charge in [0.15, 0.2) is 0 Å². The molecule has 102 valence electrons. The number of benzene rings is 1. The molecule has 7 heteroatoms. The minimum Gasteiger partial charge on any atom is -0.480 e. The van der Waals surface area contributed by atoms with Crippen LogP contribution in [0.25, 0.3) is 0 Å². The largest absolute Gasteiger partial charge is 0.480 e. The normalized spacial score (nSPS) is 9.79. The van der Waals surface area contributed by atoms with Crippen LogP contribution in [0.2, 0.25) is 0 Å². The summed E-state index contributed by atoms with van der Waals surface area (Å²) in [5.41, 5.74) is 1.24. The second kappa shape index (κ2) is 6.89. The van der Waals surface area contributed by atoms with Crippen molar-refractivity contribution < 1.29 is 19.5 Å². The highest BCUT2D eigenvalue weighted by atomic mass is 79.9. The second-order valence-corrected chi connectivity index (χ2v) is 4.73. The fourth-order valence-corrected chi connectivity index (χ4v) is 1.85. The summed E-state index contributed by atoms with van der Waals surface area (Å²) < 4.78 is 0.862. The lowest BCUT2D eigenvalue weighted by molar-refractivity contribution is -0.137. The van der Waals surface area contributed by atoms with E-state index in [1.165, 1.54) is 0 Å². The summed E-state index contributed by atoms with van der Waals surface area (Å²) in [5, 5.41) is 12.9. The zero-order chi connectivity index (χ0) is 14.4. The van der Waals surface area contributed by atoms with Gasteiger partial charge in [0.2, 0.25) is 5.91 Å². The molecule has 0 unspecified atom stereocenters. The molecule has 0 saturated heterocycles. The Morgan fingerprint density at radius 3 is 2.47 bits per heavy atom. The Bertz CT molecular complexity index is 516. The molecule has 1 aromatic rings. The van der Waals surface area contributed by atoms with Crippen LogP contribution < -0.4 is 10.6 Å². The Morgan fingerprint density at radius 2 is 1.89 bits per heavy atom. The Kier molecular flexibility index (Phi) is 5.50. The lowest BCUT2D eigenvalue weighted by Crippen LogP contribution is -2.39. The minimum atomic E-state index is -1.14. The molecule has 0 saturated carbocycles. The zero-order valence-corrected chi connectivity index (χ0v) is 11.8. The lowest BCUT2D eigenvalue weighted by Gasteiger charge is -2.08. The van der Waals surface area contributed by atoms with Crippen molar-refractivity contribution in [1.82, 2.24) is 10.6 Å². The number of aliphatic carboxylic acids is 1. The topological polar surface area (TPSA) is 95.5 Å². The van der Waals surface area contributed by atoms with Crippen LogP contribution in [0, 0.1) is 6.92 Å². The second-order valence-electron chi connectivity index (χ2n) is 3.81. The van der Waals surface area contributed by atoms with Crippen molar-refractivity contribution in [1.29, 1.82) is 0 Å². The monoisotopic (exact) mass is 328 g/mol. The number of halogens is 1. The van der Waals surface area contributed by atoms with Gasteiger partial charge in [0.05, 0.1) is 6.54 Å². The van der Waals surface area contributed by atoms with E-state index in [-0.39, 0.29) is 12.5 Å². The van der Waals surface area contributed by atoms with E-state index in [2.05, 4.69) is 26.6 Å². The molecule has 0 aromatic heterocycles. The van der Waals surface area contributed by atoms with Gasteiger partial charge in [0.25, 0.3) is 5.91 Å². The third-order valence-corrected chi connectivity index (χ3v) is 2.77. The van der Waals surface area contributed by atoms with Gasteiger partial charge in [0, 0.05) is 10.0 Å². The van der Waals surface area contributed by atoms with Crippen LogP contribution in [0.15, 0.2) is 22.7 Å². The van der Waals surface area contributed by atoms with E-state index in [1.807, 2.05) is 0 Å². The fourth-order valence-electron chi connectivity index (χ4n) is 1.37. The fraction of sp³-hybridized carbons (Fsp3) is 0.250. The maximum atomic E-state index is 11.8. The van der Waals surface area contributed by atoms with Gasteiger partial charge >= 0.3 is 5.97 Å². The SMILES string of the molecule is Cc1cc(Br)ccc1C(=O)NCC(=O)NCC(=O)O. The van der Waals surface area contributed by atoms with E-state index in [0.29, 0.717) is 5.56 Å². The molecule has 1 rings (SSSR count). The summed E-state index contributed by atoms with van der Waals surface area (Å²) in [6.45, 7) is 1.05. The highest BCUT2D eigenvalue weighted by Crippen LogP contribution is 2.15. The number of rotatable bonds is 5.